The van der Waals surface area contributed by atoms with E-state index in [1.807, 2.05) is 0 Å². The van der Waals surface area contributed by atoms with Gasteiger partial charge in [0.2, 0.25) is 5.91 Å². The lowest BCUT2D eigenvalue weighted by molar-refractivity contribution is -0.121. The Morgan fingerprint density at radius 2 is 2.00 bits per heavy atom. The Kier molecular flexibility index (Phi) is 4.37. The predicted octanol–water partition coefficient (Wildman–Crippen LogP) is 1.12. The molecule has 0 saturated carbocycles. The van der Waals surface area contributed by atoms with E-state index in [1.54, 1.807) is 32.9 Å². The summed E-state index contributed by atoms with van der Waals surface area (Å²) in [5, 5.41) is 2.92. The Morgan fingerprint density at radius 3 is 2.53 bits per heavy atom. The lowest BCUT2D eigenvalue weighted by Crippen LogP contribution is -2.45. The van der Waals surface area contributed by atoms with Crippen LogP contribution in [0.3, 0.4) is 0 Å². The molecule has 104 valence electrons. The number of anilines is 2. The van der Waals surface area contributed by atoms with E-state index in [1.165, 1.54) is 6.07 Å². The normalized spacial score (nSPS) is 10.9. The standard InChI is InChI=1S/C13H19N3O3/c1-4-19-11(17)9-7-8(14)5-6-10(9)16-13(2,3)12(15)18/h5-7,16H,4,14H2,1-3H3,(H2,15,18). The number of rotatable bonds is 5. The molecule has 0 unspecified atom stereocenters. The third kappa shape index (κ3) is 3.61. The van der Waals surface area contributed by atoms with E-state index < -0.39 is 17.4 Å². The molecule has 0 aliphatic carbocycles. The van der Waals surface area contributed by atoms with Crippen LogP contribution >= 0.6 is 0 Å². The first-order valence-corrected chi connectivity index (χ1v) is 5.92. The lowest BCUT2D eigenvalue weighted by Gasteiger charge is -2.25. The van der Waals surface area contributed by atoms with Crippen molar-refractivity contribution in [1.29, 1.82) is 0 Å². The number of amides is 1. The van der Waals surface area contributed by atoms with Crippen LogP contribution in [-0.4, -0.2) is 24.0 Å². The molecule has 1 rings (SSSR count). The smallest absolute Gasteiger partial charge is 0.340 e. The zero-order valence-electron chi connectivity index (χ0n) is 11.3. The topological polar surface area (TPSA) is 107 Å². The van der Waals surface area contributed by atoms with E-state index in [-0.39, 0.29) is 12.2 Å². The van der Waals surface area contributed by atoms with Gasteiger partial charge in [0.1, 0.15) is 5.54 Å². The fraction of sp³-hybridized carbons (Fsp3) is 0.385. The number of hydrogen-bond acceptors (Lipinski definition) is 5. The molecule has 6 nitrogen and oxygen atoms in total. The van der Waals surface area contributed by atoms with Gasteiger partial charge < -0.3 is 21.5 Å². The molecule has 1 aromatic rings. The van der Waals surface area contributed by atoms with Crippen LogP contribution in [0.4, 0.5) is 11.4 Å². The van der Waals surface area contributed by atoms with Gasteiger partial charge in [0.05, 0.1) is 12.2 Å². The molecular weight excluding hydrogens is 246 g/mol. The Hall–Kier alpha value is -2.24. The lowest BCUT2D eigenvalue weighted by atomic mass is 10.0. The van der Waals surface area contributed by atoms with Crippen molar-refractivity contribution >= 4 is 23.3 Å². The number of nitrogens with one attached hydrogen (secondary N) is 1. The molecule has 0 radical (unpaired) electrons. The van der Waals surface area contributed by atoms with Gasteiger partial charge in [-0.15, -0.1) is 0 Å². The van der Waals surface area contributed by atoms with Gasteiger partial charge in [-0.1, -0.05) is 0 Å². The van der Waals surface area contributed by atoms with Gasteiger partial charge in [-0.2, -0.15) is 0 Å². The van der Waals surface area contributed by atoms with E-state index in [9.17, 15) is 9.59 Å². The van der Waals surface area contributed by atoms with Crippen LogP contribution in [0, 0.1) is 0 Å². The maximum atomic E-state index is 11.8. The van der Waals surface area contributed by atoms with Crippen molar-refractivity contribution in [2.45, 2.75) is 26.3 Å². The Morgan fingerprint density at radius 1 is 1.37 bits per heavy atom. The van der Waals surface area contributed by atoms with Gasteiger partial charge in [-0.25, -0.2) is 4.79 Å². The number of carbonyl (C=O) groups is 2. The highest BCUT2D eigenvalue weighted by atomic mass is 16.5. The molecule has 0 aliphatic rings. The molecule has 0 aliphatic heterocycles. The van der Waals surface area contributed by atoms with Crippen LogP contribution in [0.15, 0.2) is 18.2 Å². The van der Waals surface area contributed by atoms with Crippen LogP contribution in [0.2, 0.25) is 0 Å². The minimum Gasteiger partial charge on any atom is -0.462 e. The quantitative estimate of drug-likeness (QED) is 0.546. The molecule has 0 fully saturated rings. The van der Waals surface area contributed by atoms with Crippen molar-refractivity contribution in [3.05, 3.63) is 23.8 Å². The van der Waals surface area contributed by atoms with Crippen molar-refractivity contribution < 1.29 is 14.3 Å². The van der Waals surface area contributed by atoms with E-state index in [0.717, 1.165) is 0 Å². The zero-order valence-corrected chi connectivity index (χ0v) is 11.3. The van der Waals surface area contributed by atoms with Crippen molar-refractivity contribution in [3.8, 4) is 0 Å². The van der Waals surface area contributed by atoms with Crippen LogP contribution in [0.25, 0.3) is 0 Å². The number of benzene rings is 1. The first kappa shape index (κ1) is 14.8. The largest absolute Gasteiger partial charge is 0.462 e. The molecule has 0 aromatic heterocycles. The van der Waals surface area contributed by atoms with Crippen molar-refractivity contribution in [3.63, 3.8) is 0 Å². The summed E-state index contributed by atoms with van der Waals surface area (Å²) in [7, 11) is 0. The van der Waals surface area contributed by atoms with Crippen molar-refractivity contribution in [2.75, 3.05) is 17.7 Å². The predicted molar refractivity (Wildman–Crippen MR) is 73.7 cm³/mol. The van der Waals surface area contributed by atoms with Crippen molar-refractivity contribution in [2.24, 2.45) is 5.73 Å². The second-order valence-corrected chi connectivity index (χ2v) is 4.64. The molecule has 0 spiro atoms. The van der Waals surface area contributed by atoms with Gasteiger partial charge in [-0.3, -0.25) is 4.79 Å². The second-order valence-electron chi connectivity index (χ2n) is 4.64. The molecular formula is C13H19N3O3. The first-order chi connectivity index (χ1) is 8.77. The number of carbonyl (C=O) groups excluding carboxylic acids is 2. The van der Waals surface area contributed by atoms with Gasteiger partial charge in [-0.05, 0) is 39.0 Å². The van der Waals surface area contributed by atoms with Crippen molar-refractivity contribution in [1.82, 2.24) is 0 Å². The Labute approximate surface area is 112 Å². The minimum atomic E-state index is -0.989. The summed E-state index contributed by atoms with van der Waals surface area (Å²) >= 11 is 0. The SMILES string of the molecule is CCOC(=O)c1cc(N)ccc1NC(C)(C)C(N)=O. The van der Waals surface area contributed by atoms with Crippen LogP contribution < -0.4 is 16.8 Å². The summed E-state index contributed by atoms with van der Waals surface area (Å²) in [5.74, 6) is -1.03. The fourth-order valence-electron chi connectivity index (χ4n) is 1.45. The van der Waals surface area contributed by atoms with Gasteiger partial charge in [0.15, 0.2) is 0 Å². The third-order valence-corrected chi connectivity index (χ3v) is 2.60. The number of esters is 1. The number of primary amides is 1. The highest BCUT2D eigenvalue weighted by Gasteiger charge is 2.26. The molecule has 19 heavy (non-hydrogen) atoms. The molecule has 0 saturated heterocycles. The van der Waals surface area contributed by atoms with Crippen LogP contribution in [0.1, 0.15) is 31.1 Å². The summed E-state index contributed by atoms with van der Waals surface area (Å²) in [6, 6.07) is 4.74. The summed E-state index contributed by atoms with van der Waals surface area (Å²) < 4.78 is 4.95. The van der Waals surface area contributed by atoms with Gasteiger partial charge in [0, 0.05) is 11.4 Å². The summed E-state index contributed by atoms with van der Waals surface area (Å²) in [4.78, 5) is 23.2. The minimum absolute atomic E-state index is 0.256. The third-order valence-electron chi connectivity index (χ3n) is 2.60. The van der Waals surface area contributed by atoms with E-state index in [0.29, 0.717) is 11.4 Å². The highest BCUT2D eigenvalue weighted by Crippen LogP contribution is 2.23. The Balaban J connectivity index is 3.14. The second kappa shape index (κ2) is 5.60. The van der Waals surface area contributed by atoms with Gasteiger partial charge in [0.25, 0.3) is 0 Å². The number of ether oxygens (including phenoxy) is 1. The van der Waals surface area contributed by atoms with E-state index in [4.69, 9.17) is 16.2 Å². The molecule has 0 atom stereocenters. The molecule has 1 aromatic carbocycles. The van der Waals surface area contributed by atoms with Gasteiger partial charge >= 0.3 is 5.97 Å². The average molecular weight is 265 g/mol. The molecule has 5 N–H and O–H groups in total. The van der Waals surface area contributed by atoms with E-state index in [2.05, 4.69) is 5.32 Å². The number of hydrogen-bond donors (Lipinski definition) is 3. The maximum Gasteiger partial charge on any atom is 0.340 e. The zero-order chi connectivity index (χ0) is 14.6. The van der Waals surface area contributed by atoms with Crippen LogP contribution in [-0.2, 0) is 9.53 Å². The molecule has 0 heterocycles. The number of nitrogen functional groups attached to an aromatic ring is 1. The molecule has 0 bridgehead atoms. The highest BCUT2D eigenvalue weighted by molar-refractivity contribution is 5.98. The fourth-order valence-corrected chi connectivity index (χ4v) is 1.45. The monoisotopic (exact) mass is 265 g/mol. The first-order valence-electron chi connectivity index (χ1n) is 5.92. The summed E-state index contributed by atoms with van der Waals surface area (Å²) in [6.07, 6.45) is 0. The summed E-state index contributed by atoms with van der Waals surface area (Å²) in [5.41, 5.74) is 11.1. The maximum absolute atomic E-state index is 11.8. The summed E-state index contributed by atoms with van der Waals surface area (Å²) in [6.45, 7) is 5.22. The van der Waals surface area contributed by atoms with E-state index >= 15 is 0 Å². The number of nitrogens with two attached hydrogens (primary N) is 2. The average Bonchev–Trinajstić information content (AvgIpc) is 2.31. The van der Waals surface area contributed by atoms with Crippen LogP contribution in [0.5, 0.6) is 0 Å². The molecule has 6 heteroatoms. The Bertz CT molecular complexity index is 498. The molecule has 1 amide bonds.